The molecule has 0 spiro atoms. The van der Waals surface area contributed by atoms with Crippen LogP contribution in [-0.4, -0.2) is 35.0 Å². The summed E-state index contributed by atoms with van der Waals surface area (Å²) in [5.74, 6) is -1.22. The van der Waals surface area contributed by atoms with Crippen molar-refractivity contribution in [2.45, 2.75) is 19.0 Å². The van der Waals surface area contributed by atoms with Crippen molar-refractivity contribution in [3.63, 3.8) is 0 Å². The van der Waals surface area contributed by atoms with Crippen LogP contribution in [0.4, 0.5) is 0 Å². The first-order valence-corrected chi connectivity index (χ1v) is 9.28. The number of hydrogen-bond donors (Lipinski definition) is 3. The topological polar surface area (TPSA) is 102 Å². The summed E-state index contributed by atoms with van der Waals surface area (Å²) in [6.07, 6.45) is 3.45. The summed E-state index contributed by atoms with van der Waals surface area (Å²) in [7, 11) is 0. The second-order valence-corrected chi connectivity index (χ2v) is 6.63. The van der Waals surface area contributed by atoms with Crippen molar-refractivity contribution in [3.05, 3.63) is 46.1 Å². The van der Waals surface area contributed by atoms with E-state index in [0.29, 0.717) is 18.7 Å². The van der Waals surface area contributed by atoms with Gasteiger partial charge in [-0.15, -0.1) is 0 Å². The minimum absolute atomic E-state index is 0.169. The minimum Gasteiger partial charge on any atom is -0.480 e. The van der Waals surface area contributed by atoms with Crippen molar-refractivity contribution >= 4 is 39.6 Å². The number of halogens is 1. The monoisotopic (exact) mass is 411 g/mol. The van der Waals surface area contributed by atoms with E-state index in [0.717, 1.165) is 10.0 Å². The number of carbonyl (C=O) groups is 2. The summed E-state index contributed by atoms with van der Waals surface area (Å²) in [5.41, 5.74) is 0.798. The third-order valence-corrected chi connectivity index (χ3v) is 4.49. The maximum Gasteiger partial charge on any atom is 0.326 e. The molecule has 1 amide bonds. The van der Waals surface area contributed by atoms with Crippen LogP contribution in [-0.2, 0) is 16.1 Å². The zero-order valence-electron chi connectivity index (χ0n) is 13.1. The molecule has 128 valence electrons. The van der Waals surface area contributed by atoms with Crippen LogP contribution in [0.5, 0.6) is 0 Å². The third kappa shape index (κ3) is 6.64. The Kier molecular flexibility index (Phi) is 8.97. The van der Waals surface area contributed by atoms with Gasteiger partial charge in [0, 0.05) is 17.2 Å². The average Bonchev–Trinajstić information content (AvgIpc) is 2.56. The molecule has 0 saturated heterocycles. The lowest BCUT2D eigenvalue weighted by Crippen LogP contribution is -2.41. The highest BCUT2D eigenvalue weighted by Crippen LogP contribution is 2.15. The Balaban J connectivity index is 2.66. The van der Waals surface area contributed by atoms with E-state index < -0.39 is 17.9 Å². The Labute approximate surface area is 153 Å². The van der Waals surface area contributed by atoms with Crippen molar-refractivity contribution in [2.75, 3.05) is 12.0 Å². The molecule has 0 aliphatic rings. The van der Waals surface area contributed by atoms with E-state index in [1.807, 2.05) is 30.5 Å². The molecule has 3 N–H and O–H groups in total. The Bertz CT molecular complexity index is 658. The predicted molar refractivity (Wildman–Crippen MR) is 97.2 cm³/mol. The van der Waals surface area contributed by atoms with Gasteiger partial charge in [-0.2, -0.15) is 17.0 Å². The first-order valence-electron chi connectivity index (χ1n) is 7.09. The molecule has 8 heteroatoms. The molecule has 0 saturated carbocycles. The van der Waals surface area contributed by atoms with Gasteiger partial charge >= 0.3 is 5.97 Å². The molecule has 24 heavy (non-hydrogen) atoms. The van der Waals surface area contributed by atoms with Gasteiger partial charge in [0.2, 0.25) is 0 Å². The quantitative estimate of drug-likeness (QED) is 0.425. The summed E-state index contributed by atoms with van der Waals surface area (Å²) in [6.45, 7) is 0.425. The van der Waals surface area contributed by atoms with Gasteiger partial charge in [-0.1, -0.05) is 34.1 Å². The first kappa shape index (κ1) is 20.1. The standard InChI is InChI=1S/C16H18BrN3O3S/c1-24-7-6-14(16(22)23)20-15(21)12(8-18)10-19-9-11-4-2-3-5-13(11)17/h2-5,10,14,19H,6-7,9H2,1H3,(H,20,21)(H,22,23)/b12-10-. The lowest BCUT2D eigenvalue weighted by molar-refractivity contribution is -0.141. The van der Waals surface area contributed by atoms with E-state index in [-0.39, 0.29) is 5.57 Å². The van der Waals surface area contributed by atoms with Gasteiger partial charge in [0.05, 0.1) is 0 Å². The second-order valence-electron chi connectivity index (χ2n) is 4.79. The molecule has 0 radical (unpaired) electrons. The van der Waals surface area contributed by atoms with Crippen LogP contribution in [0.1, 0.15) is 12.0 Å². The SMILES string of the molecule is CSCCC(NC(=O)/C(C#N)=C\NCc1ccccc1Br)C(=O)O. The van der Waals surface area contributed by atoms with Crippen LogP contribution in [0.3, 0.4) is 0 Å². The highest BCUT2D eigenvalue weighted by Gasteiger charge is 2.21. The van der Waals surface area contributed by atoms with Gasteiger partial charge in [0.1, 0.15) is 17.7 Å². The van der Waals surface area contributed by atoms with Gasteiger partial charge in [0.25, 0.3) is 5.91 Å². The van der Waals surface area contributed by atoms with Crippen LogP contribution in [0.15, 0.2) is 40.5 Å². The van der Waals surface area contributed by atoms with Gasteiger partial charge in [-0.25, -0.2) is 4.79 Å². The summed E-state index contributed by atoms with van der Waals surface area (Å²) in [5, 5.41) is 23.5. The van der Waals surface area contributed by atoms with Crippen molar-refractivity contribution in [1.29, 1.82) is 5.26 Å². The number of benzene rings is 1. The van der Waals surface area contributed by atoms with E-state index in [2.05, 4.69) is 26.6 Å². The van der Waals surface area contributed by atoms with E-state index in [1.54, 1.807) is 6.07 Å². The lowest BCUT2D eigenvalue weighted by Gasteiger charge is -2.13. The molecule has 6 nitrogen and oxygen atoms in total. The van der Waals surface area contributed by atoms with Gasteiger partial charge in [-0.05, 0) is 30.1 Å². The van der Waals surface area contributed by atoms with Crippen molar-refractivity contribution in [3.8, 4) is 6.07 Å². The van der Waals surface area contributed by atoms with E-state index >= 15 is 0 Å². The number of aliphatic carboxylic acids is 1. The molecule has 0 bridgehead atoms. The largest absolute Gasteiger partial charge is 0.480 e. The second kappa shape index (κ2) is 10.7. The Morgan fingerprint density at radius 3 is 2.75 bits per heavy atom. The minimum atomic E-state index is -1.11. The zero-order chi connectivity index (χ0) is 17.9. The maximum atomic E-state index is 12.0. The molecule has 0 fully saturated rings. The summed E-state index contributed by atoms with van der Waals surface area (Å²) in [4.78, 5) is 23.2. The predicted octanol–water partition coefficient (Wildman–Crippen LogP) is 2.27. The van der Waals surface area contributed by atoms with E-state index in [1.165, 1.54) is 18.0 Å². The van der Waals surface area contributed by atoms with Gasteiger partial charge in [-0.3, -0.25) is 4.79 Å². The number of rotatable bonds is 9. The molecule has 1 aromatic rings. The molecule has 0 aliphatic heterocycles. The summed E-state index contributed by atoms with van der Waals surface area (Å²) < 4.78 is 0.914. The van der Waals surface area contributed by atoms with Crippen LogP contribution in [0, 0.1) is 11.3 Å². The fourth-order valence-corrected chi connectivity index (χ4v) is 2.68. The molecule has 1 aromatic carbocycles. The number of carboxylic acid groups (broad SMARTS) is 1. The molecule has 0 aromatic heterocycles. The number of nitrogens with one attached hydrogen (secondary N) is 2. The fourth-order valence-electron chi connectivity index (χ4n) is 1.78. The zero-order valence-corrected chi connectivity index (χ0v) is 15.5. The van der Waals surface area contributed by atoms with E-state index in [9.17, 15) is 9.59 Å². The van der Waals surface area contributed by atoms with Crippen molar-refractivity contribution in [1.82, 2.24) is 10.6 Å². The van der Waals surface area contributed by atoms with Gasteiger partial charge in [0.15, 0.2) is 0 Å². The average molecular weight is 412 g/mol. The highest BCUT2D eigenvalue weighted by molar-refractivity contribution is 9.10. The Morgan fingerprint density at radius 2 is 2.17 bits per heavy atom. The van der Waals surface area contributed by atoms with Crippen LogP contribution >= 0.6 is 27.7 Å². The molecule has 1 rings (SSSR count). The number of carbonyl (C=O) groups excluding carboxylic acids is 1. The normalized spacial score (nSPS) is 12.1. The summed E-state index contributed by atoms with van der Waals surface area (Å²) in [6, 6.07) is 8.33. The molecular weight excluding hydrogens is 394 g/mol. The fraction of sp³-hybridized carbons (Fsp3) is 0.312. The molecular formula is C16H18BrN3O3S. The van der Waals surface area contributed by atoms with Crippen LogP contribution < -0.4 is 10.6 Å². The van der Waals surface area contributed by atoms with Crippen LogP contribution in [0.2, 0.25) is 0 Å². The van der Waals surface area contributed by atoms with Gasteiger partial charge < -0.3 is 15.7 Å². The summed E-state index contributed by atoms with van der Waals surface area (Å²) >= 11 is 4.90. The van der Waals surface area contributed by atoms with E-state index in [4.69, 9.17) is 10.4 Å². The highest BCUT2D eigenvalue weighted by atomic mass is 79.9. The number of nitriles is 1. The van der Waals surface area contributed by atoms with Crippen LogP contribution in [0.25, 0.3) is 0 Å². The van der Waals surface area contributed by atoms with Crippen molar-refractivity contribution < 1.29 is 14.7 Å². The number of thioether (sulfide) groups is 1. The number of carboxylic acids is 1. The molecule has 0 aliphatic carbocycles. The maximum absolute atomic E-state index is 12.0. The number of nitrogens with zero attached hydrogens (tertiary/aromatic N) is 1. The lowest BCUT2D eigenvalue weighted by atomic mass is 10.2. The molecule has 1 unspecified atom stereocenters. The Hall–Kier alpha value is -1.98. The first-order chi connectivity index (χ1) is 11.5. The molecule has 0 heterocycles. The smallest absolute Gasteiger partial charge is 0.326 e. The Morgan fingerprint density at radius 1 is 1.46 bits per heavy atom. The van der Waals surface area contributed by atoms with Crippen molar-refractivity contribution in [2.24, 2.45) is 0 Å². The third-order valence-electron chi connectivity index (χ3n) is 3.08. The molecule has 1 atom stereocenters. The number of amides is 1. The number of hydrogen-bond acceptors (Lipinski definition) is 5.